The number of amides is 2. The fourth-order valence-corrected chi connectivity index (χ4v) is 6.09. The number of nitrogens with one attached hydrogen (secondary N) is 1. The topological polar surface area (TPSA) is 105 Å². The molecule has 0 aliphatic rings. The van der Waals surface area contributed by atoms with Crippen molar-refractivity contribution < 1.29 is 19.4 Å². The monoisotopic (exact) mass is 558 g/mol. The Bertz CT molecular complexity index is 1400. The van der Waals surface area contributed by atoms with Gasteiger partial charge in [-0.05, 0) is 56.3 Å². The van der Waals surface area contributed by atoms with E-state index in [9.17, 15) is 14.7 Å². The molecular weight excluding hydrogens is 532 g/mol. The molecule has 0 aliphatic carbocycles. The third-order valence-corrected chi connectivity index (χ3v) is 7.49. The van der Waals surface area contributed by atoms with E-state index >= 15 is 0 Å². The van der Waals surface area contributed by atoms with Crippen molar-refractivity contribution in [2.75, 3.05) is 4.90 Å². The number of rotatable bonds is 7. The zero-order valence-electron chi connectivity index (χ0n) is 20.8. The Hall–Kier alpha value is -3.21. The molecule has 3 aromatic heterocycles. The summed E-state index contributed by atoms with van der Waals surface area (Å²) in [7, 11) is 0. The van der Waals surface area contributed by atoms with Crippen molar-refractivity contribution in [3.05, 3.63) is 62.9 Å². The molecule has 4 rings (SSSR count). The SMILES string of the molecule is CC(Cc1sc2c(N(Cc3cccs3)C(=O)O)nc(Cl)nc2c1-c1ccccc1)NC(=O)OC(C)(C)C. The van der Waals surface area contributed by atoms with Crippen molar-refractivity contribution in [3.8, 4) is 11.1 Å². The highest BCUT2D eigenvalue weighted by molar-refractivity contribution is 7.20. The minimum atomic E-state index is -1.14. The molecule has 8 nitrogen and oxygen atoms in total. The maximum atomic E-state index is 12.4. The van der Waals surface area contributed by atoms with Gasteiger partial charge >= 0.3 is 12.2 Å². The van der Waals surface area contributed by atoms with Gasteiger partial charge in [-0.3, -0.25) is 4.90 Å². The van der Waals surface area contributed by atoms with Crippen LogP contribution < -0.4 is 10.2 Å². The summed E-state index contributed by atoms with van der Waals surface area (Å²) >= 11 is 9.22. The average molecular weight is 559 g/mol. The Morgan fingerprint density at radius 2 is 1.89 bits per heavy atom. The van der Waals surface area contributed by atoms with Gasteiger partial charge in [0.05, 0.1) is 16.8 Å². The van der Waals surface area contributed by atoms with Gasteiger partial charge in [-0.25, -0.2) is 14.6 Å². The summed E-state index contributed by atoms with van der Waals surface area (Å²) in [4.78, 5) is 36.5. The second kappa shape index (κ2) is 11.0. The zero-order valence-corrected chi connectivity index (χ0v) is 23.2. The minimum Gasteiger partial charge on any atom is -0.465 e. The number of fused-ring (bicyclic) bond motifs is 1. The molecule has 2 amide bonds. The Balaban J connectivity index is 1.80. The predicted octanol–water partition coefficient (Wildman–Crippen LogP) is 7.21. The summed E-state index contributed by atoms with van der Waals surface area (Å²) < 4.78 is 6.02. The van der Waals surface area contributed by atoms with Gasteiger partial charge in [-0.15, -0.1) is 22.7 Å². The van der Waals surface area contributed by atoms with Crippen LogP contribution in [-0.4, -0.2) is 38.9 Å². The van der Waals surface area contributed by atoms with E-state index in [0.29, 0.717) is 16.6 Å². The molecule has 0 saturated carbocycles. The number of ether oxygens (including phenoxy) is 1. The van der Waals surface area contributed by atoms with Crippen molar-refractivity contribution in [2.45, 2.75) is 52.3 Å². The van der Waals surface area contributed by atoms with Crippen LogP contribution in [0, 0.1) is 0 Å². The maximum absolute atomic E-state index is 12.4. The van der Waals surface area contributed by atoms with E-state index in [1.165, 1.54) is 27.6 Å². The standard InChI is InChI=1S/C26H27ClN4O4S2/c1-15(28-24(32)35-26(2,3)4)13-18-19(16-9-6-5-7-10-16)20-21(37-18)22(30-23(27)29-20)31(25(33)34)14-17-11-8-12-36-17/h5-12,15H,13-14H2,1-4H3,(H,28,32)(H,33,34). The average Bonchev–Trinajstić information content (AvgIpc) is 3.43. The molecule has 1 aromatic carbocycles. The number of hydrogen-bond acceptors (Lipinski definition) is 7. The van der Waals surface area contributed by atoms with Gasteiger partial charge in [-0.2, -0.15) is 4.98 Å². The molecule has 0 aliphatic heterocycles. The summed E-state index contributed by atoms with van der Waals surface area (Å²) in [5.41, 5.74) is 1.71. The molecule has 1 atom stereocenters. The summed E-state index contributed by atoms with van der Waals surface area (Å²) in [5, 5.41) is 14.8. The summed E-state index contributed by atoms with van der Waals surface area (Å²) in [6.45, 7) is 7.46. The van der Waals surface area contributed by atoms with E-state index < -0.39 is 17.8 Å². The molecule has 0 fully saturated rings. The lowest BCUT2D eigenvalue weighted by Crippen LogP contribution is -2.38. The van der Waals surface area contributed by atoms with E-state index in [4.69, 9.17) is 16.3 Å². The van der Waals surface area contributed by atoms with E-state index in [1.807, 2.05) is 75.5 Å². The lowest BCUT2D eigenvalue weighted by atomic mass is 10.0. The van der Waals surface area contributed by atoms with Crippen LogP contribution in [0.5, 0.6) is 0 Å². The molecule has 1 unspecified atom stereocenters. The quantitative estimate of drug-likeness (QED) is 0.232. The van der Waals surface area contributed by atoms with Crippen molar-refractivity contribution in [3.63, 3.8) is 0 Å². The molecule has 4 aromatic rings. The molecule has 0 bridgehead atoms. The fraction of sp³-hybridized carbons (Fsp3) is 0.308. The Labute approximate surface area is 227 Å². The molecule has 0 saturated heterocycles. The van der Waals surface area contributed by atoms with Crippen molar-refractivity contribution in [1.82, 2.24) is 15.3 Å². The van der Waals surface area contributed by atoms with Crippen LogP contribution in [0.25, 0.3) is 21.3 Å². The lowest BCUT2D eigenvalue weighted by Gasteiger charge is -2.22. The number of thiophene rings is 2. The first-order valence-corrected chi connectivity index (χ1v) is 13.7. The van der Waals surface area contributed by atoms with Gasteiger partial charge in [0.1, 0.15) is 5.60 Å². The molecule has 0 spiro atoms. The van der Waals surface area contributed by atoms with Crippen molar-refractivity contribution in [2.24, 2.45) is 0 Å². The summed E-state index contributed by atoms with van der Waals surface area (Å²) in [6, 6.07) is 13.2. The van der Waals surface area contributed by atoms with Crippen LogP contribution in [0.1, 0.15) is 37.4 Å². The lowest BCUT2D eigenvalue weighted by molar-refractivity contribution is 0.0508. The Kier molecular flexibility index (Phi) is 8.01. The van der Waals surface area contributed by atoms with Crippen LogP contribution in [0.4, 0.5) is 15.4 Å². The predicted molar refractivity (Wildman–Crippen MR) is 149 cm³/mol. The molecule has 2 N–H and O–H groups in total. The maximum Gasteiger partial charge on any atom is 0.413 e. The summed E-state index contributed by atoms with van der Waals surface area (Å²) in [6.07, 6.45) is -1.17. The first kappa shape index (κ1) is 26.8. The zero-order chi connectivity index (χ0) is 26.7. The normalized spacial score (nSPS) is 12.4. The minimum absolute atomic E-state index is 0.0404. The van der Waals surface area contributed by atoms with E-state index in [1.54, 1.807) is 0 Å². The highest BCUT2D eigenvalue weighted by Crippen LogP contribution is 2.43. The van der Waals surface area contributed by atoms with E-state index in [0.717, 1.165) is 20.9 Å². The number of halogens is 1. The third-order valence-electron chi connectivity index (χ3n) is 5.26. The Morgan fingerprint density at radius 3 is 2.51 bits per heavy atom. The smallest absolute Gasteiger partial charge is 0.413 e. The largest absolute Gasteiger partial charge is 0.465 e. The first-order valence-electron chi connectivity index (χ1n) is 11.6. The van der Waals surface area contributed by atoms with Gasteiger partial charge in [0, 0.05) is 27.8 Å². The molecular formula is C26H27ClN4O4S2. The highest BCUT2D eigenvalue weighted by Gasteiger charge is 2.27. The van der Waals surface area contributed by atoms with Gasteiger partial charge in [0.2, 0.25) is 5.28 Å². The van der Waals surface area contributed by atoms with E-state index in [2.05, 4.69) is 15.3 Å². The molecule has 0 radical (unpaired) electrons. The van der Waals surface area contributed by atoms with Crippen LogP contribution in [-0.2, 0) is 17.7 Å². The second-order valence-corrected chi connectivity index (χ2v) is 11.9. The first-order chi connectivity index (χ1) is 17.5. The van der Waals surface area contributed by atoms with Crippen LogP contribution in [0.3, 0.4) is 0 Å². The molecule has 194 valence electrons. The van der Waals surface area contributed by atoms with Gasteiger partial charge < -0.3 is 15.2 Å². The Morgan fingerprint density at radius 1 is 1.16 bits per heavy atom. The molecule has 3 heterocycles. The van der Waals surface area contributed by atoms with Crippen molar-refractivity contribution in [1.29, 1.82) is 0 Å². The number of hydrogen-bond donors (Lipinski definition) is 2. The number of carbonyl (C=O) groups excluding carboxylic acids is 1. The van der Waals surface area contributed by atoms with Crippen molar-refractivity contribution >= 4 is 62.5 Å². The number of anilines is 1. The number of nitrogens with zero attached hydrogens (tertiary/aromatic N) is 3. The van der Waals surface area contributed by atoms with Crippen LogP contribution in [0.15, 0.2) is 47.8 Å². The number of carbonyl (C=O) groups is 2. The summed E-state index contributed by atoms with van der Waals surface area (Å²) in [5.74, 6) is 0.233. The number of aromatic nitrogens is 2. The molecule has 11 heteroatoms. The van der Waals surface area contributed by atoms with Gasteiger partial charge in [0.25, 0.3) is 0 Å². The fourth-order valence-electron chi connectivity index (χ4n) is 3.84. The van der Waals surface area contributed by atoms with Gasteiger partial charge in [-0.1, -0.05) is 36.4 Å². The molecule has 37 heavy (non-hydrogen) atoms. The van der Waals surface area contributed by atoms with Crippen LogP contribution in [0.2, 0.25) is 5.28 Å². The number of alkyl carbamates (subject to hydrolysis) is 1. The highest BCUT2D eigenvalue weighted by atomic mass is 35.5. The van der Waals surface area contributed by atoms with E-state index in [-0.39, 0.29) is 23.7 Å². The second-order valence-electron chi connectivity index (χ2n) is 9.46. The van der Waals surface area contributed by atoms with Gasteiger partial charge in [0.15, 0.2) is 5.82 Å². The number of benzene rings is 1. The number of carboxylic acid groups (broad SMARTS) is 1. The third kappa shape index (κ3) is 6.57. The van der Waals surface area contributed by atoms with Crippen LogP contribution >= 0.6 is 34.3 Å².